The van der Waals surface area contributed by atoms with Crippen molar-refractivity contribution < 1.29 is 8.60 Å². The highest BCUT2D eigenvalue weighted by Crippen LogP contribution is 2.32. The van der Waals surface area contributed by atoms with Crippen LogP contribution in [0.3, 0.4) is 0 Å². The van der Waals surface area contributed by atoms with Gasteiger partial charge < -0.3 is 5.32 Å². The quantitative estimate of drug-likeness (QED) is 0.920. The summed E-state index contributed by atoms with van der Waals surface area (Å²) in [7, 11) is 0.788. The zero-order valence-corrected chi connectivity index (χ0v) is 12.4. The zero-order chi connectivity index (χ0) is 13.8. The summed E-state index contributed by atoms with van der Waals surface area (Å²) in [4.78, 5) is 0.613. The van der Waals surface area contributed by atoms with Gasteiger partial charge >= 0.3 is 0 Å². The van der Waals surface area contributed by atoms with Gasteiger partial charge in [0.15, 0.2) is 0 Å². The molecular formula is C15H22FNOS. The second kappa shape index (κ2) is 6.62. The van der Waals surface area contributed by atoms with Gasteiger partial charge in [-0.3, -0.25) is 4.21 Å². The van der Waals surface area contributed by atoms with Crippen molar-refractivity contribution in [2.45, 2.75) is 48.8 Å². The first kappa shape index (κ1) is 14.7. The van der Waals surface area contributed by atoms with Crippen LogP contribution in [0.25, 0.3) is 0 Å². The fraction of sp³-hybridized carbons (Fsp3) is 0.600. The molecule has 1 fully saturated rings. The van der Waals surface area contributed by atoms with E-state index in [0.717, 1.165) is 19.3 Å². The minimum absolute atomic E-state index is 0.0884. The molecule has 2 rings (SSSR count). The van der Waals surface area contributed by atoms with Gasteiger partial charge in [-0.25, -0.2) is 4.39 Å². The molecule has 106 valence electrons. The molecule has 1 N–H and O–H groups in total. The fourth-order valence-electron chi connectivity index (χ4n) is 2.92. The van der Waals surface area contributed by atoms with E-state index < -0.39 is 10.8 Å². The van der Waals surface area contributed by atoms with Gasteiger partial charge in [0.2, 0.25) is 0 Å². The number of hydrogen-bond acceptors (Lipinski definition) is 2. The normalized spacial score (nSPS) is 29.1. The van der Waals surface area contributed by atoms with Crippen LogP contribution in [0.2, 0.25) is 0 Å². The van der Waals surface area contributed by atoms with Gasteiger partial charge in [-0.05, 0) is 50.4 Å². The van der Waals surface area contributed by atoms with Crippen LogP contribution in [-0.2, 0) is 10.8 Å². The summed E-state index contributed by atoms with van der Waals surface area (Å²) in [6.45, 7) is 2.19. The molecule has 0 aliphatic heterocycles. The molecule has 0 heterocycles. The van der Waals surface area contributed by atoms with Crippen LogP contribution < -0.4 is 5.32 Å². The van der Waals surface area contributed by atoms with E-state index in [1.54, 1.807) is 12.1 Å². The molecule has 4 heteroatoms. The predicted molar refractivity (Wildman–Crippen MR) is 77.1 cm³/mol. The van der Waals surface area contributed by atoms with Crippen LogP contribution in [0.5, 0.6) is 0 Å². The van der Waals surface area contributed by atoms with Crippen molar-refractivity contribution in [1.82, 2.24) is 5.32 Å². The lowest BCUT2D eigenvalue weighted by atomic mass is 9.84. The van der Waals surface area contributed by atoms with Crippen LogP contribution >= 0.6 is 0 Å². The van der Waals surface area contributed by atoms with Crippen molar-refractivity contribution in [3.63, 3.8) is 0 Å². The first-order valence-corrected chi connectivity index (χ1v) is 8.20. The average molecular weight is 283 g/mol. The number of benzene rings is 1. The Morgan fingerprint density at radius 2 is 2.21 bits per heavy atom. The molecule has 0 spiro atoms. The Hall–Kier alpha value is -0.740. The first-order chi connectivity index (χ1) is 9.15. The maximum Gasteiger partial charge on any atom is 0.124 e. The third-order valence-electron chi connectivity index (χ3n) is 4.15. The third-order valence-corrected chi connectivity index (χ3v) is 5.94. The molecule has 19 heavy (non-hydrogen) atoms. The molecule has 1 aliphatic carbocycles. The van der Waals surface area contributed by atoms with E-state index >= 15 is 0 Å². The van der Waals surface area contributed by atoms with Gasteiger partial charge in [0.05, 0.1) is 16.0 Å². The summed E-state index contributed by atoms with van der Waals surface area (Å²) >= 11 is 0. The minimum Gasteiger partial charge on any atom is -0.316 e. The van der Waals surface area contributed by atoms with Gasteiger partial charge in [0.25, 0.3) is 0 Å². The number of rotatable bonds is 4. The van der Waals surface area contributed by atoms with E-state index in [2.05, 4.69) is 12.2 Å². The van der Waals surface area contributed by atoms with E-state index in [1.807, 2.05) is 7.05 Å². The molecule has 1 aliphatic rings. The molecule has 2 nitrogen and oxygen atoms in total. The van der Waals surface area contributed by atoms with Crippen molar-refractivity contribution >= 4 is 10.8 Å². The molecule has 4 unspecified atom stereocenters. The maximum atomic E-state index is 13.3. The Kier molecular flexibility index (Phi) is 5.11. The van der Waals surface area contributed by atoms with E-state index in [1.165, 1.54) is 18.6 Å². The van der Waals surface area contributed by atoms with E-state index in [9.17, 15) is 8.60 Å². The Balaban J connectivity index is 2.19. The Labute approximate surface area is 117 Å². The molecule has 1 aromatic rings. The van der Waals surface area contributed by atoms with Gasteiger partial charge in [0.1, 0.15) is 5.82 Å². The topological polar surface area (TPSA) is 29.1 Å². The lowest BCUT2D eigenvalue weighted by Crippen LogP contribution is -2.44. The van der Waals surface area contributed by atoms with E-state index in [0.29, 0.717) is 10.8 Å². The zero-order valence-electron chi connectivity index (χ0n) is 11.6. The van der Waals surface area contributed by atoms with Crippen LogP contribution in [0, 0.1) is 11.7 Å². The van der Waals surface area contributed by atoms with Crippen LogP contribution in [-0.4, -0.2) is 22.5 Å². The standard InChI is InChI=1S/C15H22FNOS/c1-3-11-7-8-14(17-2)15(9-11)19(18)13-6-4-5-12(16)10-13/h4-6,10-11,14-15,17H,3,7-9H2,1-2H3. The number of nitrogens with one attached hydrogen (secondary N) is 1. The monoisotopic (exact) mass is 283 g/mol. The fourth-order valence-corrected chi connectivity index (χ4v) is 4.72. The molecule has 1 saturated carbocycles. The summed E-state index contributed by atoms with van der Waals surface area (Å²) in [6, 6.07) is 6.47. The Morgan fingerprint density at radius 1 is 1.42 bits per heavy atom. The molecule has 0 amide bonds. The van der Waals surface area contributed by atoms with Crippen LogP contribution in [0.15, 0.2) is 29.2 Å². The van der Waals surface area contributed by atoms with Gasteiger partial charge in [-0.2, -0.15) is 0 Å². The molecule has 4 atom stereocenters. The maximum absolute atomic E-state index is 13.3. The van der Waals surface area contributed by atoms with Crippen LogP contribution in [0.1, 0.15) is 32.6 Å². The van der Waals surface area contributed by atoms with Gasteiger partial charge in [-0.1, -0.05) is 19.4 Å². The smallest absolute Gasteiger partial charge is 0.124 e. The number of hydrogen-bond donors (Lipinski definition) is 1. The molecule has 0 saturated heterocycles. The Bertz CT molecular complexity index is 452. The van der Waals surface area contributed by atoms with Crippen molar-refractivity contribution in [2.75, 3.05) is 7.05 Å². The Morgan fingerprint density at radius 3 is 2.84 bits per heavy atom. The van der Waals surface area contributed by atoms with E-state index in [-0.39, 0.29) is 17.1 Å². The lowest BCUT2D eigenvalue weighted by Gasteiger charge is -2.35. The second-order valence-corrected chi connectivity index (χ2v) is 6.95. The van der Waals surface area contributed by atoms with Gasteiger partial charge in [-0.15, -0.1) is 0 Å². The highest BCUT2D eigenvalue weighted by Gasteiger charge is 2.33. The summed E-state index contributed by atoms with van der Waals surface area (Å²) < 4.78 is 26.0. The summed E-state index contributed by atoms with van der Waals surface area (Å²) in [5.74, 6) is 0.335. The largest absolute Gasteiger partial charge is 0.316 e. The average Bonchev–Trinajstić information content (AvgIpc) is 2.45. The summed E-state index contributed by atoms with van der Waals surface area (Å²) in [6.07, 6.45) is 4.35. The third kappa shape index (κ3) is 3.42. The summed E-state index contributed by atoms with van der Waals surface area (Å²) in [5.41, 5.74) is 0. The molecule has 0 aromatic heterocycles. The highest BCUT2D eigenvalue weighted by molar-refractivity contribution is 7.85. The first-order valence-electron chi connectivity index (χ1n) is 6.99. The minimum atomic E-state index is -1.13. The number of halogens is 1. The van der Waals surface area contributed by atoms with Crippen molar-refractivity contribution in [2.24, 2.45) is 5.92 Å². The van der Waals surface area contributed by atoms with Gasteiger partial charge in [0, 0.05) is 10.9 Å². The van der Waals surface area contributed by atoms with Crippen LogP contribution in [0.4, 0.5) is 4.39 Å². The summed E-state index contributed by atoms with van der Waals surface area (Å²) in [5, 5.41) is 3.37. The van der Waals surface area contributed by atoms with Crippen molar-refractivity contribution in [1.29, 1.82) is 0 Å². The molecule has 1 aromatic carbocycles. The van der Waals surface area contributed by atoms with Crippen molar-refractivity contribution in [3.8, 4) is 0 Å². The highest BCUT2D eigenvalue weighted by atomic mass is 32.2. The molecule has 0 bridgehead atoms. The molecular weight excluding hydrogens is 261 g/mol. The molecule has 0 radical (unpaired) electrons. The van der Waals surface area contributed by atoms with Crippen molar-refractivity contribution in [3.05, 3.63) is 30.1 Å². The second-order valence-electron chi connectivity index (χ2n) is 5.28. The lowest BCUT2D eigenvalue weighted by molar-refractivity contribution is 0.301. The predicted octanol–water partition coefficient (Wildman–Crippen LogP) is 3.10. The van der Waals surface area contributed by atoms with E-state index in [4.69, 9.17) is 0 Å². The SMILES string of the molecule is CCC1CCC(NC)C(S(=O)c2cccc(F)c2)C1.